The fourth-order valence-electron chi connectivity index (χ4n) is 5.57. The molecule has 8 heteroatoms. The first-order chi connectivity index (χ1) is 21.8. The van der Waals surface area contributed by atoms with E-state index in [1.165, 1.54) is 24.3 Å². The Morgan fingerprint density at radius 1 is 0.870 bits per heavy atom. The van der Waals surface area contributed by atoms with Crippen LogP contribution in [0.3, 0.4) is 0 Å². The van der Waals surface area contributed by atoms with Crippen LogP contribution in [0.25, 0.3) is 5.57 Å². The molecule has 238 valence electrons. The number of hydrogen-bond donors (Lipinski definition) is 1. The van der Waals surface area contributed by atoms with Crippen LogP contribution in [0.15, 0.2) is 109 Å². The van der Waals surface area contributed by atoms with E-state index in [0.29, 0.717) is 29.8 Å². The minimum atomic E-state index is -2.46. The summed E-state index contributed by atoms with van der Waals surface area (Å²) in [5, 5.41) is -0.258. The molecular formula is C38H39F2NO4Si. The highest BCUT2D eigenvalue weighted by atomic mass is 28.4. The molecule has 0 bridgehead atoms. The molecule has 0 aromatic heterocycles. The van der Waals surface area contributed by atoms with Crippen molar-refractivity contribution >= 4 is 31.5 Å². The Balaban J connectivity index is 1.42. The summed E-state index contributed by atoms with van der Waals surface area (Å²) in [4.78, 5) is 38.8. The van der Waals surface area contributed by atoms with Crippen molar-refractivity contribution in [2.24, 2.45) is 5.92 Å². The molecule has 2 atom stereocenters. The topological polar surface area (TPSA) is 66.8 Å². The Labute approximate surface area is 270 Å². The largest absolute Gasteiger partial charge is 0.432 e. The lowest BCUT2D eigenvalue weighted by atomic mass is 9.79. The number of ether oxygens (including phenoxy) is 1. The van der Waals surface area contributed by atoms with Crippen LogP contribution >= 0.6 is 0 Å². The van der Waals surface area contributed by atoms with Crippen molar-refractivity contribution in [1.29, 1.82) is 0 Å². The van der Waals surface area contributed by atoms with E-state index in [0.717, 1.165) is 23.1 Å². The van der Waals surface area contributed by atoms with Gasteiger partial charge >= 0.3 is 5.97 Å². The summed E-state index contributed by atoms with van der Waals surface area (Å²) in [6.07, 6.45) is 3.88. The predicted octanol–water partition coefficient (Wildman–Crippen LogP) is 9.12. The van der Waals surface area contributed by atoms with Gasteiger partial charge in [0.25, 0.3) is 0 Å². The maximum absolute atomic E-state index is 13.8. The molecule has 1 saturated heterocycles. The fraction of sp³-hybridized carbons (Fsp3) is 0.263. The van der Waals surface area contributed by atoms with Gasteiger partial charge in [-0.15, -0.1) is 0 Å². The summed E-state index contributed by atoms with van der Waals surface area (Å²) in [6.45, 7) is 8.02. The number of rotatable bonds is 11. The van der Waals surface area contributed by atoms with E-state index in [4.69, 9.17) is 4.74 Å². The smallest absolute Gasteiger partial charge is 0.343 e. The summed E-state index contributed by atoms with van der Waals surface area (Å²) in [5.41, 5.74) is 3.74. The first kappa shape index (κ1) is 33.0. The van der Waals surface area contributed by atoms with Gasteiger partial charge in [-0.3, -0.25) is 4.79 Å². The third-order valence-electron chi connectivity index (χ3n) is 9.27. The van der Waals surface area contributed by atoms with Gasteiger partial charge in [-0.2, -0.15) is 0 Å². The highest BCUT2D eigenvalue weighted by Crippen LogP contribution is 2.47. The van der Waals surface area contributed by atoms with Crippen molar-refractivity contribution in [3.8, 4) is 5.75 Å². The lowest BCUT2D eigenvalue weighted by Gasteiger charge is -2.47. The van der Waals surface area contributed by atoms with E-state index in [1.807, 2.05) is 31.3 Å². The number of anilines is 1. The Bertz CT molecular complexity index is 1700. The van der Waals surface area contributed by atoms with Crippen LogP contribution in [0.2, 0.25) is 18.1 Å². The van der Waals surface area contributed by atoms with Gasteiger partial charge in [-0.05, 0) is 115 Å². The summed E-state index contributed by atoms with van der Waals surface area (Å²) >= 11 is 0. The van der Waals surface area contributed by atoms with E-state index >= 15 is 0 Å². The van der Waals surface area contributed by atoms with Crippen molar-refractivity contribution in [2.45, 2.75) is 57.3 Å². The van der Waals surface area contributed by atoms with Crippen molar-refractivity contribution in [1.82, 2.24) is 0 Å². The molecule has 1 aliphatic heterocycles. The van der Waals surface area contributed by atoms with E-state index < -0.39 is 26.0 Å². The van der Waals surface area contributed by atoms with E-state index in [-0.39, 0.29) is 22.8 Å². The van der Waals surface area contributed by atoms with Crippen molar-refractivity contribution in [3.05, 3.63) is 138 Å². The molecule has 0 radical (unpaired) electrons. The predicted molar refractivity (Wildman–Crippen MR) is 180 cm³/mol. The molecule has 1 fully saturated rings. The first-order valence-electron chi connectivity index (χ1n) is 15.5. The average molecular weight is 640 g/mol. The lowest BCUT2D eigenvalue weighted by molar-refractivity contribution is -0.130. The monoisotopic (exact) mass is 639 g/mol. The molecule has 1 amide bonds. The number of nitrogens with zero attached hydrogens (tertiary/aromatic N) is 1. The molecule has 0 aliphatic carbocycles. The zero-order chi connectivity index (χ0) is 33.1. The van der Waals surface area contributed by atoms with Crippen LogP contribution in [-0.2, 0) is 4.79 Å². The Morgan fingerprint density at radius 2 is 1.46 bits per heavy atom. The molecule has 4 aromatic rings. The number of hydrogen-bond acceptors (Lipinski definition) is 4. The molecular weight excluding hydrogens is 601 g/mol. The summed E-state index contributed by atoms with van der Waals surface area (Å²) in [5.74, 6) is -1.30. The molecule has 1 heterocycles. The van der Waals surface area contributed by atoms with Gasteiger partial charge in [0.1, 0.15) is 17.4 Å². The zero-order valence-electron chi connectivity index (χ0n) is 26.5. The SMILES string of the molecule is CC(C)(CC/C(=C/C[C@H]1C(=O)N(c2ccc(F)cc2)[C@@H]1c1ccc(OC(=O)c2ccccc2)cc1)c1ccc(F)cc1)[Si](C)(C)O. The normalized spacial score (nSPS) is 17.1. The van der Waals surface area contributed by atoms with Crippen LogP contribution in [0.1, 0.15) is 60.6 Å². The van der Waals surface area contributed by atoms with Gasteiger partial charge in [-0.25, -0.2) is 13.6 Å². The Hall–Kier alpha value is -4.40. The maximum atomic E-state index is 13.8. The number of carbonyl (C=O) groups excluding carboxylic acids is 2. The molecule has 5 nitrogen and oxygen atoms in total. The number of amides is 1. The second-order valence-corrected chi connectivity index (χ2v) is 17.4. The molecule has 0 saturated carbocycles. The van der Waals surface area contributed by atoms with Gasteiger partial charge in [-0.1, -0.05) is 62.4 Å². The van der Waals surface area contributed by atoms with Crippen molar-refractivity contribution < 1.29 is 27.9 Å². The maximum Gasteiger partial charge on any atom is 0.343 e. The fourth-order valence-corrected chi connectivity index (χ4v) is 6.31. The molecule has 4 aromatic carbocycles. The van der Waals surface area contributed by atoms with Gasteiger partial charge in [0, 0.05) is 5.69 Å². The highest BCUT2D eigenvalue weighted by Gasteiger charge is 2.48. The third-order valence-corrected chi connectivity index (χ3v) is 12.8. The molecule has 1 N–H and O–H groups in total. The zero-order valence-corrected chi connectivity index (χ0v) is 27.5. The van der Waals surface area contributed by atoms with E-state index in [9.17, 15) is 23.2 Å². The molecule has 0 spiro atoms. The minimum absolute atomic E-state index is 0.0878. The number of benzene rings is 4. The van der Waals surface area contributed by atoms with Crippen molar-refractivity contribution in [2.75, 3.05) is 4.90 Å². The summed E-state index contributed by atoms with van der Waals surface area (Å²) < 4.78 is 33.2. The number of halogens is 2. The average Bonchev–Trinajstić information content (AvgIpc) is 3.03. The second kappa shape index (κ2) is 13.5. The van der Waals surface area contributed by atoms with Crippen LogP contribution in [0, 0.1) is 17.6 Å². The van der Waals surface area contributed by atoms with Gasteiger partial charge in [0.2, 0.25) is 5.91 Å². The second-order valence-electron chi connectivity index (χ2n) is 13.0. The van der Waals surface area contributed by atoms with Crippen LogP contribution in [-0.4, -0.2) is 25.0 Å². The summed E-state index contributed by atoms with van der Waals surface area (Å²) in [7, 11) is -2.46. The third kappa shape index (κ3) is 7.35. The van der Waals surface area contributed by atoms with Crippen LogP contribution in [0.4, 0.5) is 14.5 Å². The van der Waals surface area contributed by atoms with E-state index in [1.54, 1.807) is 65.6 Å². The number of allylic oxidation sites excluding steroid dienone is 2. The minimum Gasteiger partial charge on any atom is -0.432 e. The molecule has 0 unspecified atom stereocenters. The summed E-state index contributed by atoms with van der Waals surface area (Å²) in [6, 6.07) is 27.7. The first-order valence-corrected chi connectivity index (χ1v) is 18.4. The number of β-lactam (4-membered cyclic amide) rings is 1. The van der Waals surface area contributed by atoms with Crippen LogP contribution in [0.5, 0.6) is 5.75 Å². The number of esters is 1. The quantitative estimate of drug-likeness (QED) is 0.0770. The van der Waals surface area contributed by atoms with Gasteiger partial charge in [0.05, 0.1) is 17.5 Å². The highest BCUT2D eigenvalue weighted by molar-refractivity contribution is 6.72. The Morgan fingerprint density at radius 3 is 2.04 bits per heavy atom. The van der Waals surface area contributed by atoms with Crippen molar-refractivity contribution in [3.63, 3.8) is 0 Å². The molecule has 46 heavy (non-hydrogen) atoms. The van der Waals surface area contributed by atoms with Gasteiger partial charge in [0.15, 0.2) is 8.32 Å². The lowest BCUT2D eigenvalue weighted by Crippen LogP contribution is -2.55. The van der Waals surface area contributed by atoms with E-state index in [2.05, 4.69) is 19.9 Å². The molecule has 5 rings (SSSR count). The number of carbonyl (C=O) groups is 2. The van der Waals surface area contributed by atoms with Crippen LogP contribution < -0.4 is 9.64 Å². The van der Waals surface area contributed by atoms with Gasteiger partial charge < -0.3 is 14.4 Å². The Kier molecular flexibility index (Phi) is 9.70. The standard InChI is InChI=1S/C38H39F2NO4Si/c1-38(2,46(3,4)44)25-24-27(26-10-15-30(39)16-11-26)14-23-34-35(41(36(34)42)32-19-17-31(40)18-20-32)28-12-21-33(22-13-28)45-37(43)29-8-6-5-7-9-29/h5-22,34-35,44H,23-25H2,1-4H3/b27-14-/t34-,35-/m1/s1. The molecule has 1 aliphatic rings.